The lowest BCUT2D eigenvalue weighted by Gasteiger charge is -2.44. The third-order valence-electron chi connectivity index (χ3n) is 5.96. The van der Waals surface area contributed by atoms with Crippen LogP contribution in [-0.4, -0.2) is 11.7 Å². The van der Waals surface area contributed by atoms with E-state index in [9.17, 15) is 5.11 Å². The zero-order valence-corrected chi connectivity index (χ0v) is 14.2. The number of phenols is 1. The molecule has 3 heteroatoms. The highest BCUT2D eigenvalue weighted by Gasteiger charge is 2.50. The first kappa shape index (κ1) is 14.8. The predicted octanol–water partition coefficient (Wildman–Crippen LogP) is 4.96. The number of hydrogen-bond donors (Lipinski definition) is 2. The molecule has 2 aliphatic heterocycles. The van der Waals surface area contributed by atoms with Crippen LogP contribution in [0.4, 0.5) is 5.69 Å². The lowest BCUT2D eigenvalue weighted by molar-refractivity contribution is -0.0178. The van der Waals surface area contributed by atoms with Crippen LogP contribution < -0.4 is 5.32 Å². The van der Waals surface area contributed by atoms with Gasteiger partial charge >= 0.3 is 0 Å². The van der Waals surface area contributed by atoms with Crippen LogP contribution in [0.2, 0.25) is 0 Å². The van der Waals surface area contributed by atoms with Crippen molar-refractivity contribution in [2.75, 3.05) is 11.9 Å². The highest BCUT2D eigenvalue weighted by atomic mass is 16.5. The molecular formula is C22H21NO2. The Hall–Kier alpha value is -2.52. The van der Waals surface area contributed by atoms with Crippen LogP contribution >= 0.6 is 0 Å². The average molecular weight is 331 g/mol. The van der Waals surface area contributed by atoms with Crippen LogP contribution in [0.1, 0.15) is 30.5 Å². The second kappa shape index (κ2) is 5.24. The maximum atomic E-state index is 10.6. The maximum absolute atomic E-state index is 10.6. The van der Waals surface area contributed by atoms with Gasteiger partial charge in [-0.05, 0) is 25.0 Å². The van der Waals surface area contributed by atoms with Gasteiger partial charge in [-0.25, -0.2) is 0 Å². The second-order valence-corrected chi connectivity index (χ2v) is 7.25. The first-order valence-electron chi connectivity index (χ1n) is 8.89. The number of aromatic hydroxyl groups is 1. The van der Waals surface area contributed by atoms with Crippen LogP contribution in [0.3, 0.4) is 0 Å². The van der Waals surface area contributed by atoms with Crippen molar-refractivity contribution in [3.63, 3.8) is 0 Å². The average Bonchev–Trinajstić information content (AvgIpc) is 3.05. The molecule has 1 saturated heterocycles. The van der Waals surface area contributed by atoms with Crippen LogP contribution in [0, 0.1) is 5.92 Å². The minimum atomic E-state index is -0.386. The normalized spacial score (nSPS) is 27.6. The first-order valence-corrected chi connectivity index (χ1v) is 8.89. The molecule has 0 amide bonds. The number of nitrogens with one attached hydrogen (secondary N) is 1. The fourth-order valence-electron chi connectivity index (χ4n) is 4.68. The molecule has 3 aromatic rings. The molecule has 0 unspecified atom stereocenters. The Balaban J connectivity index is 1.78. The predicted molar refractivity (Wildman–Crippen MR) is 99.8 cm³/mol. The molecular weight excluding hydrogens is 310 g/mol. The zero-order valence-electron chi connectivity index (χ0n) is 14.2. The molecule has 3 atom stereocenters. The van der Waals surface area contributed by atoms with Crippen molar-refractivity contribution in [3.8, 4) is 5.75 Å². The van der Waals surface area contributed by atoms with Crippen LogP contribution in [0.25, 0.3) is 10.8 Å². The molecule has 126 valence electrons. The summed E-state index contributed by atoms with van der Waals surface area (Å²) in [6.07, 6.45) is 1.01. The van der Waals surface area contributed by atoms with Gasteiger partial charge in [-0.2, -0.15) is 0 Å². The summed E-state index contributed by atoms with van der Waals surface area (Å²) in [7, 11) is 0. The molecule has 1 fully saturated rings. The van der Waals surface area contributed by atoms with Gasteiger partial charge in [0.1, 0.15) is 5.75 Å². The third-order valence-corrected chi connectivity index (χ3v) is 5.96. The Morgan fingerprint density at radius 1 is 1.04 bits per heavy atom. The lowest BCUT2D eigenvalue weighted by atomic mass is 9.72. The maximum Gasteiger partial charge on any atom is 0.123 e. The summed E-state index contributed by atoms with van der Waals surface area (Å²) < 4.78 is 6.28. The van der Waals surface area contributed by atoms with Gasteiger partial charge in [-0.15, -0.1) is 0 Å². The molecule has 5 rings (SSSR count). The fourth-order valence-corrected chi connectivity index (χ4v) is 4.68. The van der Waals surface area contributed by atoms with Crippen molar-refractivity contribution in [2.24, 2.45) is 5.92 Å². The smallest absolute Gasteiger partial charge is 0.123 e. The number of phenolic OH excluding ortho intramolecular Hbond substituents is 1. The van der Waals surface area contributed by atoms with E-state index in [0.29, 0.717) is 11.7 Å². The van der Waals surface area contributed by atoms with Gasteiger partial charge in [-0.3, -0.25) is 0 Å². The zero-order chi connectivity index (χ0) is 17.0. The minimum Gasteiger partial charge on any atom is -0.507 e. The van der Waals surface area contributed by atoms with Gasteiger partial charge in [0.2, 0.25) is 0 Å². The summed E-state index contributed by atoms with van der Waals surface area (Å²) in [5.41, 5.74) is 3.05. The SMILES string of the molecule is C[C@]12OCC[C@H]1[C@H](c1ccccc1)Nc1c2cc(O)c2ccccc12. The molecule has 0 spiro atoms. The molecule has 0 aromatic heterocycles. The van der Waals surface area contributed by atoms with E-state index in [1.807, 2.05) is 24.3 Å². The summed E-state index contributed by atoms with van der Waals surface area (Å²) in [6.45, 7) is 2.92. The Morgan fingerprint density at radius 2 is 1.76 bits per heavy atom. The topological polar surface area (TPSA) is 41.5 Å². The van der Waals surface area contributed by atoms with Crippen molar-refractivity contribution in [2.45, 2.75) is 25.0 Å². The molecule has 25 heavy (non-hydrogen) atoms. The summed E-state index contributed by atoms with van der Waals surface area (Å²) in [4.78, 5) is 0. The van der Waals surface area contributed by atoms with E-state index < -0.39 is 0 Å². The van der Waals surface area contributed by atoms with Crippen molar-refractivity contribution < 1.29 is 9.84 Å². The van der Waals surface area contributed by atoms with E-state index in [0.717, 1.165) is 35.1 Å². The van der Waals surface area contributed by atoms with Gasteiger partial charge in [0, 0.05) is 34.5 Å². The van der Waals surface area contributed by atoms with Gasteiger partial charge in [-0.1, -0.05) is 54.6 Å². The molecule has 0 bridgehead atoms. The first-order chi connectivity index (χ1) is 12.2. The van der Waals surface area contributed by atoms with E-state index in [1.165, 1.54) is 5.56 Å². The molecule has 3 aromatic carbocycles. The van der Waals surface area contributed by atoms with E-state index in [4.69, 9.17) is 4.74 Å². The van der Waals surface area contributed by atoms with Crippen molar-refractivity contribution in [3.05, 3.63) is 71.8 Å². The fraction of sp³-hybridized carbons (Fsp3) is 0.273. The Bertz CT molecular complexity index is 953. The van der Waals surface area contributed by atoms with Gasteiger partial charge < -0.3 is 15.2 Å². The molecule has 0 aliphatic carbocycles. The van der Waals surface area contributed by atoms with Crippen LogP contribution in [0.15, 0.2) is 60.7 Å². The summed E-state index contributed by atoms with van der Waals surface area (Å²) >= 11 is 0. The lowest BCUT2D eigenvalue weighted by Crippen LogP contribution is -2.40. The summed E-state index contributed by atoms with van der Waals surface area (Å²) in [5, 5.41) is 16.3. The monoisotopic (exact) mass is 331 g/mol. The van der Waals surface area contributed by atoms with Crippen molar-refractivity contribution >= 4 is 16.5 Å². The highest BCUT2D eigenvalue weighted by molar-refractivity contribution is 6.00. The third kappa shape index (κ3) is 2.02. The van der Waals surface area contributed by atoms with Crippen LogP contribution in [-0.2, 0) is 10.3 Å². The molecule has 2 aliphatic rings. The Kier molecular flexibility index (Phi) is 3.10. The Morgan fingerprint density at radius 3 is 2.56 bits per heavy atom. The summed E-state index contributed by atoms with van der Waals surface area (Å²) in [6, 6.07) is 20.7. The molecule has 3 nitrogen and oxygen atoms in total. The standard InChI is InChI=1S/C22H21NO2/c1-22-17(11-12-25-22)20(14-7-3-2-4-8-14)23-21-16-10-6-5-9-15(16)19(24)13-18(21)22/h2-10,13,17,20,23-24H,11-12H2,1H3/t17-,20-,22-/m0/s1. The largest absolute Gasteiger partial charge is 0.507 e. The number of ether oxygens (including phenoxy) is 1. The van der Waals surface area contributed by atoms with Crippen molar-refractivity contribution in [1.29, 1.82) is 0 Å². The summed E-state index contributed by atoms with van der Waals surface area (Å²) in [5.74, 6) is 0.660. The highest BCUT2D eigenvalue weighted by Crippen LogP contribution is 2.56. The number of anilines is 1. The van der Waals surface area contributed by atoms with Gasteiger partial charge in [0.15, 0.2) is 0 Å². The Labute approximate surface area is 147 Å². The van der Waals surface area contributed by atoms with E-state index in [2.05, 4.69) is 48.6 Å². The number of benzene rings is 3. The molecule has 2 N–H and O–H groups in total. The molecule has 2 heterocycles. The van der Waals surface area contributed by atoms with E-state index in [1.54, 1.807) is 0 Å². The van der Waals surface area contributed by atoms with Gasteiger partial charge in [0.25, 0.3) is 0 Å². The molecule has 0 radical (unpaired) electrons. The number of fused-ring (bicyclic) bond motifs is 5. The number of hydrogen-bond acceptors (Lipinski definition) is 3. The van der Waals surface area contributed by atoms with E-state index in [-0.39, 0.29) is 11.6 Å². The van der Waals surface area contributed by atoms with Crippen molar-refractivity contribution in [1.82, 2.24) is 0 Å². The van der Waals surface area contributed by atoms with Gasteiger partial charge in [0.05, 0.1) is 11.6 Å². The second-order valence-electron chi connectivity index (χ2n) is 7.25. The quantitative estimate of drug-likeness (QED) is 0.619. The van der Waals surface area contributed by atoms with Crippen LogP contribution in [0.5, 0.6) is 5.75 Å². The van der Waals surface area contributed by atoms with E-state index >= 15 is 0 Å². The number of rotatable bonds is 1. The molecule has 0 saturated carbocycles. The minimum absolute atomic E-state index is 0.203.